The van der Waals surface area contributed by atoms with Crippen LogP contribution in [0.1, 0.15) is 5.56 Å². The molecule has 3 aromatic rings. The Kier molecular flexibility index (Phi) is 5.41. The molecule has 146 valence electrons. The van der Waals surface area contributed by atoms with E-state index in [1.165, 1.54) is 18.2 Å². The van der Waals surface area contributed by atoms with Crippen LogP contribution in [0.5, 0.6) is 0 Å². The van der Waals surface area contributed by atoms with Crippen LogP contribution >= 0.6 is 11.6 Å². The zero-order chi connectivity index (χ0) is 20.5. The highest BCUT2D eigenvalue weighted by Gasteiger charge is 2.33. The minimum absolute atomic E-state index is 0.0541. The van der Waals surface area contributed by atoms with Crippen LogP contribution in [0.3, 0.4) is 0 Å². The molecule has 0 saturated carbocycles. The first kappa shape index (κ1) is 20.2. The van der Waals surface area contributed by atoms with Crippen LogP contribution < -0.4 is 4.31 Å². The van der Waals surface area contributed by atoms with Crippen LogP contribution in [-0.2, 0) is 16.2 Å². The minimum atomic E-state index is -4.63. The number of halogens is 4. The third-order valence-corrected chi connectivity index (χ3v) is 6.24. The van der Waals surface area contributed by atoms with Crippen LogP contribution in [-0.4, -0.2) is 15.0 Å². The predicted octanol–water partition coefficient (Wildman–Crippen LogP) is 5.89. The van der Waals surface area contributed by atoms with E-state index in [0.29, 0.717) is 5.39 Å². The molecule has 28 heavy (non-hydrogen) atoms. The summed E-state index contributed by atoms with van der Waals surface area (Å²) in [6.07, 6.45) is -3.35. The SMILES string of the molecule is C=CCN(c1cc(C(F)(F)F)ccc1Cl)S(=O)(=O)c1ccc2ccccc2c1. The Morgan fingerprint density at radius 3 is 2.32 bits per heavy atom. The Labute approximate surface area is 165 Å². The van der Waals surface area contributed by atoms with Crippen molar-refractivity contribution in [2.45, 2.75) is 11.1 Å². The summed E-state index contributed by atoms with van der Waals surface area (Å²) in [7, 11) is -4.18. The van der Waals surface area contributed by atoms with Crippen LogP contribution in [0.25, 0.3) is 10.8 Å². The fraction of sp³-hybridized carbons (Fsp3) is 0.100. The Bertz CT molecular complexity index is 1140. The molecule has 0 fully saturated rings. The van der Waals surface area contributed by atoms with Crippen molar-refractivity contribution in [2.75, 3.05) is 10.8 Å². The molecular formula is C20H15ClF3NO2S. The number of rotatable bonds is 5. The Balaban J connectivity index is 2.16. The van der Waals surface area contributed by atoms with Gasteiger partial charge in [0.2, 0.25) is 0 Å². The van der Waals surface area contributed by atoms with Crippen molar-refractivity contribution in [2.24, 2.45) is 0 Å². The maximum absolute atomic E-state index is 13.2. The van der Waals surface area contributed by atoms with Gasteiger partial charge < -0.3 is 0 Å². The molecule has 3 aromatic carbocycles. The molecule has 0 radical (unpaired) electrons. The summed E-state index contributed by atoms with van der Waals surface area (Å²) in [6.45, 7) is 3.27. The van der Waals surface area contributed by atoms with Gasteiger partial charge in [-0.2, -0.15) is 13.2 Å². The summed E-state index contributed by atoms with van der Waals surface area (Å²) < 4.78 is 66.6. The molecule has 0 heterocycles. The van der Waals surface area contributed by atoms with Gasteiger partial charge in [-0.15, -0.1) is 6.58 Å². The topological polar surface area (TPSA) is 37.4 Å². The van der Waals surface area contributed by atoms with Crippen molar-refractivity contribution in [1.82, 2.24) is 0 Å². The number of anilines is 1. The summed E-state index contributed by atoms with van der Waals surface area (Å²) in [4.78, 5) is -0.0541. The number of hydrogen-bond donors (Lipinski definition) is 0. The lowest BCUT2D eigenvalue weighted by Gasteiger charge is -2.25. The second kappa shape index (κ2) is 7.48. The zero-order valence-electron chi connectivity index (χ0n) is 14.4. The van der Waals surface area contributed by atoms with Gasteiger partial charge in [0.1, 0.15) is 0 Å². The van der Waals surface area contributed by atoms with Gasteiger partial charge in [0.05, 0.1) is 27.7 Å². The van der Waals surface area contributed by atoms with Gasteiger partial charge in [-0.1, -0.05) is 48.0 Å². The van der Waals surface area contributed by atoms with Crippen LogP contribution in [0, 0.1) is 0 Å². The molecule has 3 rings (SSSR count). The third kappa shape index (κ3) is 3.86. The van der Waals surface area contributed by atoms with E-state index in [-0.39, 0.29) is 22.2 Å². The lowest BCUT2D eigenvalue weighted by molar-refractivity contribution is -0.137. The van der Waals surface area contributed by atoms with E-state index >= 15 is 0 Å². The number of hydrogen-bond acceptors (Lipinski definition) is 2. The number of nitrogens with zero attached hydrogens (tertiary/aromatic N) is 1. The Morgan fingerprint density at radius 1 is 1.00 bits per heavy atom. The molecule has 0 aliphatic rings. The second-order valence-corrected chi connectivity index (χ2v) is 8.27. The molecule has 0 N–H and O–H groups in total. The Morgan fingerprint density at radius 2 is 1.68 bits per heavy atom. The van der Waals surface area contributed by atoms with Crippen molar-refractivity contribution in [3.8, 4) is 0 Å². The van der Waals surface area contributed by atoms with Gasteiger partial charge in [0.25, 0.3) is 10.0 Å². The molecule has 3 nitrogen and oxygen atoms in total. The normalized spacial score (nSPS) is 12.1. The smallest absolute Gasteiger partial charge is 0.261 e. The maximum atomic E-state index is 13.2. The summed E-state index contributed by atoms with van der Waals surface area (Å²) in [5.41, 5.74) is -1.25. The molecule has 0 atom stereocenters. The quantitative estimate of drug-likeness (QED) is 0.478. The molecule has 0 saturated heterocycles. The van der Waals surface area contributed by atoms with Crippen LogP contribution in [0.2, 0.25) is 5.02 Å². The first-order valence-electron chi connectivity index (χ1n) is 8.14. The fourth-order valence-corrected chi connectivity index (χ4v) is 4.53. The molecule has 0 unspecified atom stereocenters. The lowest BCUT2D eigenvalue weighted by Crippen LogP contribution is -2.31. The molecule has 8 heteroatoms. The van der Waals surface area contributed by atoms with Crippen molar-refractivity contribution in [3.05, 3.63) is 83.9 Å². The van der Waals surface area contributed by atoms with E-state index in [0.717, 1.165) is 27.9 Å². The molecule has 0 aliphatic heterocycles. The highest BCUT2D eigenvalue weighted by Crippen LogP contribution is 2.37. The van der Waals surface area contributed by atoms with E-state index in [9.17, 15) is 21.6 Å². The van der Waals surface area contributed by atoms with Crippen LogP contribution in [0.15, 0.2) is 78.2 Å². The second-order valence-electron chi connectivity index (χ2n) is 6.00. The highest BCUT2D eigenvalue weighted by molar-refractivity contribution is 7.92. The van der Waals surface area contributed by atoms with Crippen molar-refractivity contribution < 1.29 is 21.6 Å². The lowest BCUT2D eigenvalue weighted by atomic mass is 10.1. The highest BCUT2D eigenvalue weighted by atomic mass is 35.5. The van der Waals surface area contributed by atoms with E-state index in [1.54, 1.807) is 18.2 Å². The van der Waals surface area contributed by atoms with Gasteiger partial charge >= 0.3 is 6.18 Å². The molecule has 0 bridgehead atoms. The average Bonchev–Trinajstić information content (AvgIpc) is 2.65. The monoisotopic (exact) mass is 425 g/mol. The first-order valence-corrected chi connectivity index (χ1v) is 9.95. The summed E-state index contributed by atoms with van der Waals surface area (Å²) in [5.74, 6) is 0. The Hall–Kier alpha value is -2.51. The van der Waals surface area contributed by atoms with E-state index < -0.39 is 21.8 Å². The zero-order valence-corrected chi connectivity index (χ0v) is 16.0. The van der Waals surface area contributed by atoms with Gasteiger partial charge in [0, 0.05) is 0 Å². The molecular weight excluding hydrogens is 411 g/mol. The average molecular weight is 426 g/mol. The number of benzene rings is 3. The summed E-state index contributed by atoms with van der Waals surface area (Å²) in [5, 5.41) is 1.42. The predicted molar refractivity (Wildman–Crippen MR) is 105 cm³/mol. The van der Waals surface area contributed by atoms with Crippen molar-refractivity contribution in [1.29, 1.82) is 0 Å². The van der Waals surface area contributed by atoms with Gasteiger partial charge in [0.15, 0.2) is 0 Å². The largest absolute Gasteiger partial charge is 0.416 e. The third-order valence-electron chi connectivity index (χ3n) is 4.15. The van der Waals surface area contributed by atoms with E-state index in [1.807, 2.05) is 12.1 Å². The van der Waals surface area contributed by atoms with Gasteiger partial charge in [-0.25, -0.2) is 8.42 Å². The standard InChI is InChI=1S/C20H15ClF3NO2S/c1-2-11-25(19-13-16(20(22,23)24)8-10-18(19)21)28(26,27)17-9-7-14-5-3-4-6-15(14)12-17/h2-10,12-13H,1,11H2. The van der Waals surface area contributed by atoms with Gasteiger partial charge in [-0.3, -0.25) is 4.31 Å². The van der Waals surface area contributed by atoms with Crippen molar-refractivity contribution in [3.63, 3.8) is 0 Å². The number of fused-ring (bicyclic) bond motifs is 1. The van der Waals surface area contributed by atoms with E-state index in [2.05, 4.69) is 6.58 Å². The maximum Gasteiger partial charge on any atom is 0.416 e. The summed E-state index contributed by atoms with van der Waals surface area (Å²) >= 11 is 6.06. The molecule has 0 spiro atoms. The van der Waals surface area contributed by atoms with Crippen molar-refractivity contribution >= 4 is 38.1 Å². The number of sulfonamides is 1. The minimum Gasteiger partial charge on any atom is -0.261 e. The van der Waals surface area contributed by atoms with Gasteiger partial charge in [-0.05, 0) is 41.1 Å². The molecule has 0 amide bonds. The molecule has 0 aromatic heterocycles. The van der Waals surface area contributed by atoms with Crippen LogP contribution in [0.4, 0.5) is 18.9 Å². The number of alkyl halides is 3. The van der Waals surface area contributed by atoms with E-state index in [4.69, 9.17) is 11.6 Å². The molecule has 0 aliphatic carbocycles. The summed E-state index contributed by atoms with van der Waals surface area (Å²) in [6, 6.07) is 14.3. The first-order chi connectivity index (χ1) is 13.1. The fourth-order valence-electron chi connectivity index (χ4n) is 2.78.